The first-order valence-corrected chi connectivity index (χ1v) is 8.34. The van der Waals surface area contributed by atoms with Crippen LogP contribution in [0.3, 0.4) is 0 Å². The van der Waals surface area contributed by atoms with Crippen molar-refractivity contribution in [1.82, 2.24) is 10.3 Å². The number of thiazole rings is 1. The van der Waals surface area contributed by atoms with Gasteiger partial charge >= 0.3 is 0 Å². The normalized spacial score (nSPS) is 19.1. The van der Waals surface area contributed by atoms with E-state index in [4.69, 9.17) is 4.74 Å². The molecule has 2 aromatic rings. The largest absolute Gasteiger partial charge is 0.497 e. The first-order chi connectivity index (χ1) is 10.2. The lowest BCUT2D eigenvalue weighted by Gasteiger charge is -2.29. The number of fused-ring (bicyclic) bond motifs is 1. The van der Waals surface area contributed by atoms with Crippen molar-refractivity contribution in [1.29, 1.82) is 0 Å². The number of benzene rings is 1. The highest BCUT2D eigenvalue weighted by Gasteiger charge is 2.23. The van der Waals surface area contributed by atoms with Gasteiger partial charge in [-0.05, 0) is 56.4 Å². The molecule has 0 saturated carbocycles. The van der Waals surface area contributed by atoms with Gasteiger partial charge in [-0.2, -0.15) is 0 Å². The maximum Gasteiger partial charge on any atom is 0.119 e. The summed E-state index contributed by atoms with van der Waals surface area (Å²) >= 11 is 1.78. The van der Waals surface area contributed by atoms with Crippen molar-refractivity contribution < 1.29 is 4.74 Å². The van der Waals surface area contributed by atoms with Crippen molar-refractivity contribution in [2.75, 3.05) is 7.11 Å². The minimum atomic E-state index is 0.293. The zero-order valence-corrected chi connectivity index (χ0v) is 13.7. The summed E-state index contributed by atoms with van der Waals surface area (Å²) in [4.78, 5) is 5.77. The molecule has 0 saturated heterocycles. The molecule has 3 nitrogen and oxygen atoms in total. The molecule has 0 amide bonds. The molecular formula is C17H22N2OS. The average Bonchev–Trinajstić information content (AvgIpc) is 2.93. The Kier molecular flexibility index (Phi) is 4.27. The number of nitrogens with zero attached hydrogens (tertiary/aromatic N) is 1. The van der Waals surface area contributed by atoms with Crippen molar-refractivity contribution >= 4 is 11.3 Å². The van der Waals surface area contributed by atoms with Crippen LogP contribution in [0.4, 0.5) is 0 Å². The molecule has 1 aliphatic rings. The van der Waals surface area contributed by atoms with Gasteiger partial charge in [0.2, 0.25) is 0 Å². The van der Waals surface area contributed by atoms with E-state index in [-0.39, 0.29) is 0 Å². The zero-order valence-electron chi connectivity index (χ0n) is 12.8. The topological polar surface area (TPSA) is 34.1 Å². The molecule has 0 radical (unpaired) electrons. The van der Waals surface area contributed by atoms with Crippen molar-refractivity contribution in [2.24, 2.45) is 0 Å². The van der Waals surface area contributed by atoms with Gasteiger partial charge < -0.3 is 10.1 Å². The highest BCUT2D eigenvalue weighted by molar-refractivity contribution is 7.11. The van der Waals surface area contributed by atoms with E-state index in [0.717, 1.165) is 12.2 Å². The minimum Gasteiger partial charge on any atom is -0.497 e. The Morgan fingerprint density at radius 1 is 1.43 bits per heavy atom. The van der Waals surface area contributed by atoms with Gasteiger partial charge in [-0.15, -0.1) is 11.3 Å². The third kappa shape index (κ3) is 3.11. The minimum absolute atomic E-state index is 0.293. The SMILES string of the molecule is COc1ccc2c(c1)CCCC2NC(C)c1ncc(C)s1. The molecule has 0 spiro atoms. The first kappa shape index (κ1) is 14.5. The maximum absolute atomic E-state index is 5.34. The van der Waals surface area contributed by atoms with Gasteiger partial charge in [0.05, 0.1) is 13.2 Å². The molecule has 1 aromatic heterocycles. The van der Waals surface area contributed by atoms with E-state index in [9.17, 15) is 0 Å². The second-order valence-electron chi connectivity index (χ2n) is 5.71. The smallest absolute Gasteiger partial charge is 0.119 e. The number of aromatic nitrogens is 1. The molecule has 0 aliphatic heterocycles. The lowest BCUT2D eigenvalue weighted by Crippen LogP contribution is -2.27. The number of aryl methyl sites for hydroxylation is 2. The van der Waals surface area contributed by atoms with Crippen LogP contribution in [0.5, 0.6) is 5.75 Å². The van der Waals surface area contributed by atoms with Gasteiger partial charge in [-0.25, -0.2) is 4.98 Å². The molecule has 1 aromatic carbocycles. The second kappa shape index (κ2) is 6.16. The van der Waals surface area contributed by atoms with Crippen LogP contribution in [0.15, 0.2) is 24.4 Å². The number of hydrogen-bond acceptors (Lipinski definition) is 4. The average molecular weight is 302 g/mol. The van der Waals surface area contributed by atoms with Crippen molar-refractivity contribution in [3.8, 4) is 5.75 Å². The highest BCUT2D eigenvalue weighted by atomic mass is 32.1. The van der Waals surface area contributed by atoms with E-state index < -0.39 is 0 Å². The predicted molar refractivity (Wildman–Crippen MR) is 87.1 cm³/mol. The number of nitrogens with one attached hydrogen (secondary N) is 1. The predicted octanol–water partition coefficient (Wildman–Crippen LogP) is 4.19. The molecule has 1 N–H and O–H groups in total. The number of methoxy groups -OCH3 is 1. The molecule has 4 heteroatoms. The summed E-state index contributed by atoms with van der Waals surface area (Å²) in [5.74, 6) is 0.956. The van der Waals surface area contributed by atoms with Gasteiger partial charge in [0.15, 0.2) is 0 Å². The third-order valence-electron chi connectivity index (χ3n) is 4.13. The summed E-state index contributed by atoms with van der Waals surface area (Å²) in [6.45, 7) is 4.31. The molecule has 0 bridgehead atoms. The fourth-order valence-corrected chi connectivity index (χ4v) is 3.82. The Labute approximate surface area is 130 Å². The maximum atomic E-state index is 5.34. The highest BCUT2D eigenvalue weighted by Crippen LogP contribution is 2.34. The Bertz CT molecular complexity index is 623. The van der Waals surface area contributed by atoms with Crippen LogP contribution in [0.1, 0.15) is 52.9 Å². The molecule has 1 heterocycles. The van der Waals surface area contributed by atoms with E-state index in [1.807, 2.05) is 6.20 Å². The summed E-state index contributed by atoms with van der Waals surface area (Å²) < 4.78 is 5.34. The summed E-state index contributed by atoms with van der Waals surface area (Å²) in [6, 6.07) is 7.17. The zero-order chi connectivity index (χ0) is 14.8. The second-order valence-corrected chi connectivity index (χ2v) is 6.97. The molecule has 21 heavy (non-hydrogen) atoms. The summed E-state index contributed by atoms with van der Waals surface area (Å²) in [6.07, 6.45) is 5.52. The van der Waals surface area contributed by atoms with Gasteiger partial charge in [0.1, 0.15) is 10.8 Å². The van der Waals surface area contributed by atoms with E-state index >= 15 is 0 Å². The van der Waals surface area contributed by atoms with Crippen LogP contribution >= 0.6 is 11.3 Å². The fraction of sp³-hybridized carbons (Fsp3) is 0.471. The van der Waals surface area contributed by atoms with Gasteiger partial charge in [0, 0.05) is 17.1 Å². The van der Waals surface area contributed by atoms with Gasteiger partial charge in [-0.3, -0.25) is 0 Å². The summed E-state index contributed by atoms with van der Waals surface area (Å²) in [5, 5.41) is 4.92. The molecule has 3 rings (SSSR count). The third-order valence-corrected chi connectivity index (χ3v) is 5.22. The summed E-state index contributed by atoms with van der Waals surface area (Å²) in [5.41, 5.74) is 2.84. The Balaban J connectivity index is 1.78. The van der Waals surface area contributed by atoms with Crippen LogP contribution in [0.2, 0.25) is 0 Å². The van der Waals surface area contributed by atoms with E-state index in [2.05, 4.69) is 42.3 Å². The molecule has 2 atom stereocenters. The monoisotopic (exact) mass is 302 g/mol. The quantitative estimate of drug-likeness (QED) is 0.919. The van der Waals surface area contributed by atoms with E-state index in [1.54, 1.807) is 18.4 Å². The fourth-order valence-electron chi connectivity index (χ4n) is 3.04. The Hall–Kier alpha value is -1.39. The Morgan fingerprint density at radius 2 is 2.29 bits per heavy atom. The van der Waals surface area contributed by atoms with Gasteiger partial charge in [-0.1, -0.05) is 6.07 Å². The standard InChI is InChI=1S/C17H22N2OS/c1-11-10-18-17(21-11)12(2)19-16-6-4-5-13-9-14(20-3)7-8-15(13)16/h7-10,12,16,19H,4-6H2,1-3H3. The van der Waals surface area contributed by atoms with Crippen molar-refractivity contribution in [2.45, 2.75) is 45.2 Å². The number of ether oxygens (including phenoxy) is 1. The van der Waals surface area contributed by atoms with Crippen molar-refractivity contribution in [3.05, 3.63) is 45.4 Å². The van der Waals surface area contributed by atoms with Crippen LogP contribution in [-0.2, 0) is 6.42 Å². The molecule has 112 valence electrons. The van der Waals surface area contributed by atoms with E-state index in [0.29, 0.717) is 12.1 Å². The molecule has 0 fully saturated rings. The summed E-state index contributed by atoms with van der Waals surface area (Å²) in [7, 11) is 1.73. The van der Waals surface area contributed by atoms with Gasteiger partial charge in [0.25, 0.3) is 0 Å². The van der Waals surface area contributed by atoms with E-state index in [1.165, 1.54) is 33.9 Å². The number of hydrogen-bond donors (Lipinski definition) is 1. The first-order valence-electron chi connectivity index (χ1n) is 7.52. The van der Waals surface area contributed by atoms with Crippen molar-refractivity contribution in [3.63, 3.8) is 0 Å². The molecule has 2 unspecified atom stereocenters. The molecular weight excluding hydrogens is 280 g/mol. The lowest BCUT2D eigenvalue weighted by molar-refractivity contribution is 0.402. The lowest BCUT2D eigenvalue weighted by atomic mass is 9.87. The molecule has 1 aliphatic carbocycles. The van der Waals surface area contributed by atoms with Crippen LogP contribution in [0.25, 0.3) is 0 Å². The van der Waals surface area contributed by atoms with Crippen LogP contribution in [-0.4, -0.2) is 12.1 Å². The van der Waals surface area contributed by atoms with Crippen LogP contribution < -0.4 is 10.1 Å². The Morgan fingerprint density at radius 3 is 3.00 bits per heavy atom. The number of rotatable bonds is 4. The van der Waals surface area contributed by atoms with Crippen LogP contribution in [0, 0.1) is 6.92 Å².